The first-order valence-electron chi connectivity index (χ1n) is 6.32. The lowest BCUT2D eigenvalue weighted by Gasteiger charge is -2.16. The molecule has 1 aliphatic carbocycles. The van der Waals surface area contributed by atoms with Gasteiger partial charge in [0.05, 0.1) is 12.1 Å². The molecule has 1 amide bonds. The Bertz CT molecular complexity index is 402. The largest absolute Gasteiger partial charge is 0.484 e. The summed E-state index contributed by atoms with van der Waals surface area (Å²) in [5.74, 6) is 0.504. The van der Waals surface area contributed by atoms with Crippen molar-refractivity contribution >= 4 is 5.91 Å². The fourth-order valence-corrected chi connectivity index (χ4v) is 2.14. The maximum absolute atomic E-state index is 11.6. The lowest BCUT2D eigenvalue weighted by Crippen LogP contribution is -2.42. The summed E-state index contributed by atoms with van der Waals surface area (Å²) in [4.78, 5) is 11.6. The molecule has 0 bridgehead atoms. The van der Waals surface area contributed by atoms with Crippen LogP contribution in [0.4, 0.5) is 0 Å². The van der Waals surface area contributed by atoms with E-state index in [1.54, 1.807) is 0 Å². The fraction of sp³-hybridized carbons (Fsp3) is 0.500. The molecule has 2 unspecified atom stereocenters. The number of carbonyl (C=O) groups is 1. The summed E-state index contributed by atoms with van der Waals surface area (Å²) in [7, 11) is 0. The normalized spacial score (nSPS) is 22.8. The van der Waals surface area contributed by atoms with E-state index in [0.717, 1.165) is 24.8 Å². The van der Waals surface area contributed by atoms with Crippen LogP contribution in [0.15, 0.2) is 24.3 Å². The average Bonchev–Trinajstić information content (AvgIpc) is 2.74. The number of ether oxygens (including phenoxy) is 1. The van der Waals surface area contributed by atoms with Crippen LogP contribution in [0.2, 0.25) is 0 Å². The van der Waals surface area contributed by atoms with Gasteiger partial charge in [0.15, 0.2) is 6.61 Å². The zero-order valence-electron chi connectivity index (χ0n) is 10.6. The van der Waals surface area contributed by atoms with E-state index in [2.05, 4.69) is 5.32 Å². The van der Waals surface area contributed by atoms with Crippen molar-refractivity contribution in [3.8, 4) is 5.75 Å². The van der Waals surface area contributed by atoms with Crippen molar-refractivity contribution in [1.82, 2.24) is 5.32 Å². The van der Waals surface area contributed by atoms with Gasteiger partial charge in [-0.2, -0.15) is 0 Å². The van der Waals surface area contributed by atoms with Gasteiger partial charge in [-0.25, -0.2) is 0 Å². The quantitative estimate of drug-likeness (QED) is 0.848. The van der Waals surface area contributed by atoms with Gasteiger partial charge in [-0.15, -0.1) is 0 Å². The molecule has 1 fully saturated rings. The molecule has 0 aromatic heterocycles. The summed E-state index contributed by atoms with van der Waals surface area (Å²) in [6.45, 7) is 1.99. The van der Waals surface area contributed by atoms with Crippen molar-refractivity contribution in [2.45, 2.75) is 38.3 Å². The van der Waals surface area contributed by atoms with E-state index in [4.69, 9.17) is 4.74 Å². The molecule has 2 rings (SSSR count). The number of hydrogen-bond acceptors (Lipinski definition) is 3. The topological polar surface area (TPSA) is 58.6 Å². The summed E-state index contributed by atoms with van der Waals surface area (Å²) in [6, 6.07) is 7.45. The Morgan fingerprint density at radius 1 is 1.39 bits per heavy atom. The van der Waals surface area contributed by atoms with Gasteiger partial charge >= 0.3 is 0 Å². The lowest BCUT2D eigenvalue weighted by atomic mass is 10.2. The number of hydrogen-bond donors (Lipinski definition) is 2. The molecule has 1 aromatic rings. The molecule has 2 atom stereocenters. The van der Waals surface area contributed by atoms with Gasteiger partial charge in [-0.3, -0.25) is 4.79 Å². The van der Waals surface area contributed by atoms with Gasteiger partial charge in [0, 0.05) is 0 Å². The molecule has 1 aromatic carbocycles. The first-order valence-corrected chi connectivity index (χ1v) is 6.32. The number of rotatable bonds is 4. The Kier molecular flexibility index (Phi) is 4.20. The molecule has 4 nitrogen and oxygen atoms in total. The molecule has 2 N–H and O–H groups in total. The van der Waals surface area contributed by atoms with Crippen LogP contribution in [0.3, 0.4) is 0 Å². The van der Waals surface area contributed by atoms with Gasteiger partial charge in [0.2, 0.25) is 0 Å². The van der Waals surface area contributed by atoms with Crippen LogP contribution in [0, 0.1) is 6.92 Å². The van der Waals surface area contributed by atoms with Crippen LogP contribution in [0.25, 0.3) is 0 Å². The standard InChI is InChI=1S/C14H19NO3/c1-10-5-7-11(8-6-10)18-9-14(17)15-12-3-2-4-13(12)16/h5-8,12-13,16H,2-4,9H2,1H3,(H,15,17). The molecule has 0 saturated heterocycles. The Hall–Kier alpha value is -1.55. The zero-order valence-corrected chi connectivity index (χ0v) is 10.6. The second-order valence-electron chi connectivity index (χ2n) is 4.77. The van der Waals surface area contributed by atoms with Crippen LogP contribution in [0.5, 0.6) is 5.75 Å². The molecular weight excluding hydrogens is 230 g/mol. The molecule has 1 saturated carbocycles. The van der Waals surface area contributed by atoms with Crippen molar-refractivity contribution < 1.29 is 14.6 Å². The first-order chi connectivity index (χ1) is 8.65. The third kappa shape index (κ3) is 3.47. The predicted octanol–water partition coefficient (Wildman–Crippen LogP) is 1.40. The van der Waals surface area contributed by atoms with Crippen molar-refractivity contribution in [2.24, 2.45) is 0 Å². The number of aryl methyl sites for hydroxylation is 1. The van der Waals surface area contributed by atoms with Gasteiger partial charge in [-0.05, 0) is 38.3 Å². The van der Waals surface area contributed by atoms with E-state index < -0.39 is 6.10 Å². The van der Waals surface area contributed by atoms with E-state index in [1.165, 1.54) is 0 Å². The molecule has 0 radical (unpaired) electrons. The minimum Gasteiger partial charge on any atom is -0.484 e. The number of aliphatic hydroxyl groups excluding tert-OH is 1. The third-order valence-electron chi connectivity index (χ3n) is 3.22. The average molecular weight is 249 g/mol. The predicted molar refractivity (Wildman–Crippen MR) is 68.5 cm³/mol. The van der Waals surface area contributed by atoms with E-state index in [-0.39, 0.29) is 18.6 Å². The van der Waals surface area contributed by atoms with Crippen molar-refractivity contribution in [2.75, 3.05) is 6.61 Å². The van der Waals surface area contributed by atoms with E-state index >= 15 is 0 Å². The lowest BCUT2D eigenvalue weighted by molar-refractivity contribution is -0.124. The molecule has 98 valence electrons. The summed E-state index contributed by atoms with van der Waals surface area (Å²) in [5.41, 5.74) is 1.15. The highest BCUT2D eigenvalue weighted by Crippen LogP contribution is 2.18. The molecular formula is C14H19NO3. The second kappa shape index (κ2) is 5.87. The smallest absolute Gasteiger partial charge is 0.258 e. The van der Waals surface area contributed by atoms with Crippen LogP contribution in [-0.4, -0.2) is 29.8 Å². The van der Waals surface area contributed by atoms with E-state index in [9.17, 15) is 9.90 Å². The van der Waals surface area contributed by atoms with Crippen molar-refractivity contribution in [3.63, 3.8) is 0 Å². The molecule has 0 aliphatic heterocycles. The summed E-state index contributed by atoms with van der Waals surface area (Å²) in [5, 5.41) is 12.4. The van der Waals surface area contributed by atoms with Gasteiger partial charge in [0.1, 0.15) is 5.75 Å². The van der Waals surface area contributed by atoms with Crippen LogP contribution in [-0.2, 0) is 4.79 Å². The maximum atomic E-state index is 11.6. The van der Waals surface area contributed by atoms with Crippen LogP contribution < -0.4 is 10.1 Å². The Balaban J connectivity index is 1.76. The van der Waals surface area contributed by atoms with E-state index in [0.29, 0.717) is 5.75 Å². The molecule has 18 heavy (non-hydrogen) atoms. The third-order valence-corrected chi connectivity index (χ3v) is 3.22. The van der Waals surface area contributed by atoms with Crippen LogP contribution in [0.1, 0.15) is 24.8 Å². The molecule has 4 heteroatoms. The highest BCUT2D eigenvalue weighted by molar-refractivity contribution is 5.77. The highest BCUT2D eigenvalue weighted by Gasteiger charge is 2.26. The number of aliphatic hydroxyl groups is 1. The number of amides is 1. The molecule has 0 spiro atoms. The molecule has 1 aliphatic rings. The Morgan fingerprint density at radius 2 is 2.11 bits per heavy atom. The minimum atomic E-state index is -0.409. The number of nitrogens with one attached hydrogen (secondary N) is 1. The highest BCUT2D eigenvalue weighted by atomic mass is 16.5. The van der Waals surface area contributed by atoms with Crippen molar-refractivity contribution in [1.29, 1.82) is 0 Å². The Morgan fingerprint density at radius 3 is 2.72 bits per heavy atom. The van der Waals surface area contributed by atoms with Crippen molar-refractivity contribution in [3.05, 3.63) is 29.8 Å². The number of carbonyl (C=O) groups excluding carboxylic acids is 1. The summed E-state index contributed by atoms with van der Waals surface area (Å²) >= 11 is 0. The maximum Gasteiger partial charge on any atom is 0.258 e. The van der Waals surface area contributed by atoms with Gasteiger partial charge < -0.3 is 15.2 Å². The van der Waals surface area contributed by atoms with Crippen LogP contribution >= 0.6 is 0 Å². The Labute approximate surface area is 107 Å². The summed E-state index contributed by atoms with van der Waals surface area (Å²) < 4.78 is 5.37. The van der Waals surface area contributed by atoms with Gasteiger partial charge in [-0.1, -0.05) is 17.7 Å². The second-order valence-corrected chi connectivity index (χ2v) is 4.77. The zero-order chi connectivity index (χ0) is 13.0. The number of benzene rings is 1. The fourth-order valence-electron chi connectivity index (χ4n) is 2.14. The minimum absolute atomic E-state index is 0.00766. The summed E-state index contributed by atoms with van der Waals surface area (Å²) in [6.07, 6.45) is 2.17. The molecule has 0 heterocycles. The van der Waals surface area contributed by atoms with E-state index in [1.807, 2.05) is 31.2 Å². The SMILES string of the molecule is Cc1ccc(OCC(=O)NC2CCCC2O)cc1. The first kappa shape index (κ1) is 12.9. The van der Waals surface area contributed by atoms with Gasteiger partial charge in [0.25, 0.3) is 5.91 Å². The monoisotopic (exact) mass is 249 g/mol.